The van der Waals surface area contributed by atoms with E-state index in [9.17, 15) is 4.79 Å². The number of nitrogens with zero attached hydrogens (tertiary/aromatic N) is 5. The monoisotopic (exact) mass is 543 g/mol. The summed E-state index contributed by atoms with van der Waals surface area (Å²) in [5, 5.41) is 8.86. The summed E-state index contributed by atoms with van der Waals surface area (Å²) in [6.45, 7) is 12.4. The smallest absolute Gasteiger partial charge is 0.410 e. The molecule has 0 radical (unpaired) electrons. The zero-order chi connectivity index (χ0) is 28.3. The molecule has 0 N–H and O–H groups in total. The van der Waals surface area contributed by atoms with Gasteiger partial charge in [0.05, 0.1) is 13.2 Å². The van der Waals surface area contributed by atoms with Gasteiger partial charge in [-0.2, -0.15) is 10.1 Å². The van der Waals surface area contributed by atoms with Crippen LogP contribution in [-0.4, -0.2) is 56.2 Å². The van der Waals surface area contributed by atoms with Gasteiger partial charge in [-0.3, -0.25) is 4.68 Å². The number of hydrogen-bond acceptors (Lipinski definition) is 7. The van der Waals surface area contributed by atoms with Crippen molar-refractivity contribution in [2.75, 3.05) is 19.7 Å². The number of amides is 1. The van der Waals surface area contributed by atoms with Crippen molar-refractivity contribution in [3.63, 3.8) is 0 Å². The van der Waals surface area contributed by atoms with Crippen LogP contribution in [0.1, 0.15) is 50.4 Å². The third-order valence-electron chi connectivity index (χ3n) is 6.94. The molecule has 40 heavy (non-hydrogen) atoms. The van der Waals surface area contributed by atoms with Crippen molar-refractivity contribution in [1.29, 1.82) is 0 Å². The first-order valence-corrected chi connectivity index (χ1v) is 13.8. The van der Waals surface area contributed by atoms with Crippen LogP contribution in [0.3, 0.4) is 0 Å². The minimum Gasteiger partial charge on any atom is -0.493 e. The summed E-state index contributed by atoms with van der Waals surface area (Å²) in [5.74, 6) is 2.07. The van der Waals surface area contributed by atoms with Gasteiger partial charge in [0.15, 0.2) is 5.69 Å². The highest BCUT2D eigenvalue weighted by atomic mass is 16.6. The van der Waals surface area contributed by atoms with E-state index in [1.165, 1.54) is 11.1 Å². The maximum Gasteiger partial charge on any atom is 0.410 e. The third-order valence-corrected chi connectivity index (χ3v) is 6.94. The first kappa shape index (κ1) is 27.4. The van der Waals surface area contributed by atoms with Gasteiger partial charge in [0, 0.05) is 24.3 Å². The van der Waals surface area contributed by atoms with Gasteiger partial charge in [0.2, 0.25) is 5.82 Å². The topological polar surface area (TPSA) is 95.5 Å². The van der Waals surface area contributed by atoms with Crippen LogP contribution in [-0.2, 0) is 11.3 Å². The van der Waals surface area contributed by atoms with Crippen LogP contribution in [0.2, 0.25) is 0 Å². The summed E-state index contributed by atoms with van der Waals surface area (Å²) in [5.41, 5.74) is 4.45. The van der Waals surface area contributed by atoms with Crippen LogP contribution in [0.25, 0.3) is 23.0 Å². The number of aromatic nitrogens is 4. The fraction of sp³-hybridized carbons (Fsp3) is 0.419. The second-order valence-corrected chi connectivity index (χ2v) is 11.5. The summed E-state index contributed by atoms with van der Waals surface area (Å²) < 4.78 is 19.0. The molecule has 1 saturated heterocycles. The second-order valence-electron chi connectivity index (χ2n) is 11.5. The van der Waals surface area contributed by atoms with E-state index in [2.05, 4.69) is 46.4 Å². The summed E-state index contributed by atoms with van der Waals surface area (Å²) in [6.07, 6.45) is 1.55. The Morgan fingerprint density at radius 2 is 1.73 bits per heavy atom. The Hall–Kier alpha value is -4.14. The van der Waals surface area contributed by atoms with E-state index in [4.69, 9.17) is 14.0 Å². The molecular formula is C31H37N5O4. The number of rotatable bonds is 7. The van der Waals surface area contributed by atoms with Gasteiger partial charge in [-0.15, -0.1) is 0 Å². The molecule has 210 valence electrons. The number of likely N-dealkylation sites (tertiary alicyclic amines) is 1. The normalized spacial score (nSPS) is 14.4. The van der Waals surface area contributed by atoms with Crippen molar-refractivity contribution in [2.24, 2.45) is 5.92 Å². The summed E-state index contributed by atoms with van der Waals surface area (Å²) >= 11 is 0. The highest BCUT2D eigenvalue weighted by molar-refractivity contribution is 5.68. The average molecular weight is 544 g/mol. The molecule has 9 heteroatoms. The first-order chi connectivity index (χ1) is 19.1. The van der Waals surface area contributed by atoms with Crippen molar-refractivity contribution in [1.82, 2.24) is 24.8 Å². The molecule has 1 aliphatic rings. The Morgan fingerprint density at radius 3 is 2.40 bits per heavy atom. The molecule has 0 saturated carbocycles. The molecule has 9 nitrogen and oxygen atoms in total. The zero-order valence-corrected chi connectivity index (χ0v) is 23.9. The van der Waals surface area contributed by atoms with E-state index in [1.54, 1.807) is 4.90 Å². The predicted molar refractivity (Wildman–Crippen MR) is 152 cm³/mol. The van der Waals surface area contributed by atoms with E-state index in [-0.39, 0.29) is 6.09 Å². The van der Waals surface area contributed by atoms with Crippen molar-refractivity contribution in [2.45, 2.75) is 59.6 Å². The number of hydrogen-bond donors (Lipinski definition) is 0. The quantitative estimate of drug-likeness (QED) is 0.270. The number of aryl methyl sites for hydroxylation is 2. The molecule has 1 fully saturated rings. The molecule has 0 aliphatic carbocycles. The third kappa shape index (κ3) is 6.89. The van der Waals surface area contributed by atoms with E-state index >= 15 is 0 Å². The molecule has 0 spiro atoms. The SMILES string of the molecule is Cc1ccc(Cn2nc(-c3nc(-c4ccc(OCC5CCN(C(=O)OC(C)(C)C)CC5)cc4)no3)cc2C)cc1. The van der Waals surface area contributed by atoms with Crippen molar-refractivity contribution in [3.8, 4) is 28.7 Å². The minimum absolute atomic E-state index is 0.238. The molecule has 2 aromatic heterocycles. The Morgan fingerprint density at radius 1 is 1.02 bits per heavy atom. The molecular weight excluding hydrogens is 506 g/mol. The Balaban J connectivity index is 1.14. The number of carbonyl (C=O) groups excluding carboxylic acids is 1. The van der Waals surface area contributed by atoms with Crippen LogP contribution in [0.15, 0.2) is 59.1 Å². The lowest BCUT2D eigenvalue weighted by atomic mass is 9.98. The van der Waals surface area contributed by atoms with Gasteiger partial charge in [0.1, 0.15) is 11.4 Å². The minimum atomic E-state index is -0.476. The van der Waals surface area contributed by atoms with Crippen LogP contribution < -0.4 is 4.74 Å². The Kier molecular flexibility index (Phi) is 7.91. The van der Waals surface area contributed by atoms with E-state index in [0.29, 0.717) is 49.6 Å². The maximum atomic E-state index is 12.3. The summed E-state index contributed by atoms with van der Waals surface area (Å²) in [6, 6.07) is 18.1. The summed E-state index contributed by atoms with van der Waals surface area (Å²) in [4.78, 5) is 18.6. The molecule has 1 aliphatic heterocycles. The lowest BCUT2D eigenvalue weighted by molar-refractivity contribution is 0.0165. The maximum absolute atomic E-state index is 12.3. The van der Waals surface area contributed by atoms with E-state index in [1.807, 2.05) is 62.7 Å². The fourth-order valence-electron chi connectivity index (χ4n) is 4.61. The molecule has 3 heterocycles. The molecule has 0 unspecified atom stereocenters. The zero-order valence-electron chi connectivity index (χ0n) is 23.9. The molecule has 1 amide bonds. The predicted octanol–water partition coefficient (Wildman–Crippen LogP) is 6.29. The van der Waals surface area contributed by atoms with Crippen LogP contribution in [0.4, 0.5) is 4.79 Å². The number of ether oxygens (including phenoxy) is 2. The molecule has 5 rings (SSSR count). The second kappa shape index (κ2) is 11.5. The number of piperidine rings is 1. The van der Waals surface area contributed by atoms with Crippen LogP contribution in [0.5, 0.6) is 5.75 Å². The van der Waals surface area contributed by atoms with Crippen LogP contribution in [0, 0.1) is 19.8 Å². The highest BCUT2D eigenvalue weighted by Gasteiger charge is 2.27. The largest absolute Gasteiger partial charge is 0.493 e. The van der Waals surface area contributed by atoms with Gasteiger partial charge >= 0.3 is 6.09 Å². The Bertz CT molecular complexity index is 1430. The standard InChI is InChI=1S/C31H37N5O4/c1-21-6-8-23(9-7-21)19-36-22(2)18-27(33-36)29-32-28(34-40-29)25-10-12-26(13-11-25)38-20-24-14-16-35(17-15-24)30(37)39-31(3,4)5/h6-13,18,24H,14-17,19-20H2,1-5H3. The van der Waals surface area contributed by atoms with Crippen LogP contribution >= 0.6 is 0 Å². The number of benzene rings is 2. The average Bonchev–Trinajstić information content (AvgIpc) is 3.56. The van der Waals surface area contributed by atoms with Gasteiger partial charge in [-0.05, 0) is 89.3 Å². The molecule has 0 atom stereocenters. The van der Waals surface area contributed by atoms with Gasteiger partial charge in [-0.1, -0.05) is 35.0 Å². The van der Waals surface area contributed by atoms with Crippen molar-refractivity contribution >= 4 is 6.09 Å². The van der Waals surface area contributed by atoms with E-state index < -0.39 is 5.60 Å². The van der Waals surface area contributed by atoms with Gasteiger partial charge in [-0.25, -0.2) is 4.79 Å². The molecule has 2 aromatic carbocycles. The highest BCUT2D eigenvalue weighted by Crippen LogP contribution is 2.26. The lowest BCUT2D eigenvalue weighted by Crippen LogP contribution is -2.42. The van der Waals surface area contributed by atoms with E-state index in [0.717, 1.165) is 29.8 Å². The fourth-order valence-corrected chi connectivity index (χ4v) is 4.61. The van der Waals surface area contributed by atoms with Crippen molar-refractivity contribution in [3.05, 3.63) is 71.4 Å². The summed E-state index contributed by atoms with van der Waals surface area (Å²) in [7, 11) is 0. The number of carbonyl (C=O) groups is 1. The van der Waals surface area contributed by atoms with Crippen molar-refractivity contribution < 1.29 is 18.8 Å². The lowest BCUT2D eigenvalue weighted by Gasteiger charge is -2.33. The first-order valence-electron chi connectivity index (χ1n) is 13.8. The molecule has 4 aromatic rings. The van der Waals surface area contributed by atoms with Gasteiger partial charge in [0.25, 0.3) is 5.89 Å². The van der Waals surface area contributed by atoms with Gasteiger partial charge < -0.3 is 18.9 Å². The Labute approximate surface area is 235 Å². The molecule has 0 bridgehead atoms.